The summed E-state index contributed by atoms with van der Waals surface area (Å²) >= 11 is 1.45. The Kier molecular flexibility index (Phi) is 4.26. The second kappa shape index (κ2) is 6.51. The third kappa shape index (κ3) is 3.33. The zero-order valence-corrected chi connectivity index (χ0v) is 13.3. The molecule has 0 saturated carbocycles. The summed E-state index contributed by atoms with van der Waals surface area (Å²) in [6.07, 6.45) is -0.499. The lowest BCUT2D eigenvalue weighted by Gasteiger charge is -2.07. The largest absolute Gasteiger partial charge is 0.444 e. The maximum absolute atomic E-state index is 11.9. The molecule has 1 heterocycles. The smallest absolute Gasteiger partial charge is 0.411 e. The van der Waals surface area contributed by atoms with Gasteiger partial charge >= 0.3 is 6.09 Å². The van der Waals surface area contributed by atoms with Crippen LogP contribution in [-0.2, 0) is 11.3 Å². The molecule has 0 aliphatic heterocycles. The third-order valence-corrected chi connectivity index (χ3v) is 4.67. The van der Waals surface area contributed by atoms with E-state index in [1.54, 1.807) is 0 Å². The van der Waals surface area contributed by atoms with Crippen LogP contribution in [0, 0.1) is 18.3 Å². The van der Waals surface area contributed by atoms with Gasteiger partial charge < -0.3 is 4.74 Å². The minimum atomic E-state index is -0.499. The van der Waals surface area contributed by atoms with Crippen molar-refractivity contribution in [3.05, 3.63) is 64.5 Å². The number of amides is 1. The number of aryl methyl sites for hydroxylation is 1. The Bertz CT molecular complexity index is 895. The SMILES string of the molecule is Cc1c(C#N)sc2ccc(NC(=O)OCc3ccccc3)cc12. The molecule has 4 nitrogen and oxygen atoms in total. The molecule has 0 aliphatic rings. The molecule has 3 aromatic rings. The Morgan fingerprint density at radius 2 is 2.04 bits per heavy atom. The van der Waals surface area contributed by atoms with Crippen LogP contribution in [0.2, 0.25) is 0 Å². The molecule has 0 spiro atoms. The maximum atomic E-state index is 11.9. The first kappa shape index (κ1) is 15.1. The first-order chi connectivity index (χ1) is 11.2. The number of fused-ring (bicyclic) bond motifs is 1. The highest BCUT2D eigenvalue weighted by atomic mass is 32.1. The van der Waals surface area contributed by atoms with Gasteiger partial charge in [0, 0.05) is 10.4 Å². The van der Waals surface area contributed by atoms with Crippen LogP contribution in [0.25, 0.3) is 10.1 Å². The van der Waals surface area contributed by atoms with E-state index in [0.29, 0.717) is 10.6 Å². The fourth-order valence-electron chi connectivity index (χ4n) is 2.28. The van der Waals surface area contributed by atoms with E-state index in [0.717, 1.165) is 21.2 Å². The summed E-state index contributed by atoms with van der Waals surface area (Å²) in [5.74, 6) is 0. The monoisotopic (exact) mass is 322 g/mol. The van der Waals surface area contributed by atoms with Crippen LogP contribution in [0.3, 0.4) is 0 Å². The van der Waals surface area contributed by atoms with Crippen molar-refractivity contribution < 1.29 is 9.53 Å². The number of anilines is 1. The highest BCUT2D eigenvalue weighted by Gasteiger charge is 2.10. The van der Waals surface area contributed by atoms with Gasteiger partial charge in [-0.25, -0.2) is 4.79 Å². The lowest BCUT2D eigenvalue weighted by Crippen LogP contribution is -2.13. The van der Waals surface area contributed by atoms with E-state index in [2.05, 4.69) is 11.4 Å². The van der Waals surface area contributed by atoms with Gasteiger partial charge in [0.15, 0.2) is 0 Å². The van der Waals surface area contributed by atoms with Crippen molar-refractivity contribution in [2.45, 2.75) is 13.5 Å². The lowest BCUT2D eigenvalue weighted by atomic mass is 10.1. The summed E-state index contributed by atoms with van der Waals surface area (Å²) in [5, 5.41) is 12.8. The van der Waals surface area contributed by atoms with Crippen molar-refractivity contribution in [3.8, 4) is 6.07 Å². The molecule has 1 N–H and O–H groups in total. The van der Waals surface area contributed by atoms with Gasteiger partial charge in [-0.05, 0) is 41.6 Å². The summed E-state index contributed by atoms with van der Waals surface area (Å²) < 4.78 is 6.23. The van der Waals surface area contributed by atoms with Crippen LogP contribution >= 0.6 is 11.3 Å². The van der Waals surface area contributed by atoms with Gasteiger partial charge in [-0.2, -0.15) is 5.26 Å². The first-order valence-corrected chi connectivity index (χ1v) is 7.90. The number of carbonyl (C=O) groups excluding carboxylic acids is 1. The number of thiophene rings is 1. The minimum Gasteiger partial charge on any atom is -0.444 e. The van der Waals surface area contributed by atoms with E-state index in [4.69, 9.17) is 10.00 Å². The molecule has 0 radical (unpaired) electrons. The molecule has 114 valence electrons. The highest BCUT2D eigenvalue weighted by Crippen LogP contribution is 2.32. The van der Waals surface area contributed by atoms with E-state index >= 15 is 0 Å². The van der Waals surface area contributed by atoms with Crippen molar-refractivity contribution >= 4 is 33.2 Å². The number of nitriles is 1. The minimum absolute atomic E-state index is 0.227. The van der Waals surface area contributed by atoms with Crippen molar-refractivity contribution in [2.75, 3.05) is 5.32 Å². The molecule has 0 saturated heterocycles. The summed E-state index contributed by atoms with van der Waals surface area (Å²) in [4.78, 5) is 12.6. The van der Waals surface area contributed by atoms with Gasteiger partial charge in [0.05, 0.1) is 0 Å². The Morgan fingerprint density at radius 1 is 1.26 bits per heavy atom. The molecule has 1 aromatic heterocycles. The molecule has 0 atom stereocenters. The number of hydrogen-bond acceptors (Lipinski definition) is 4. The molecule has 0 aliphatic carbocycles. The van der Waals surface area contributed by atoms with Gasteiger partial charge in [0.2, 0.25) is 0 Å². The second-order valence-corrected chi connectivity index (χ2v) is 6.12. The number of rotatable bonds is 3. The third-order valence-electron chi connectivity index (χ3n) is 3.50. The Balaban J connectivity index is 1.70. The normalized spacial score (nSPS) is 10.3. The van der Waals surface area contributed by atoms with E-state index in [1.165, 1.54) is 11.3 Å². The molecule has 23 heavy (non-hydrogen) atoms. The number of carbonyl (C=O) groups is 1. The standard InChI is InChI=1S/C18H14N2O2S/c1-12-15-9-14(7-8-16(15)23-17(12)10-19)20-18(21)22-11-13-5-3-2-4-6-13/h2-9H,11H2,1H3,(H,20,21). The van der Waals surface area contributed by atoms with Crippen LogP contribution in [0.15, 0.2) is 48.5 Å². The van der Waals surface area contributed by atoms with Gasteiger partial charge in [-0.1, -0.05) is 30.3 Å². The number of benzene rings is 2. The Hall–Kier alpha value is -2.84. The quantitative estimate of drug-likeness (QED) is 0.751. The van der Waals surface area contributed by atoms with Crippen LogP contribution in [0.4, 0.5) is 10.5 Å². The molecule has 0 fully saturated rings. The van der Waals surface area contributed by atoms with Crippen LogP contribution in [0.5, 0.6) is 0 Å². The average Bonchev–Trinajstić information content (AvgIpc) is 2.90. The van der Waals surface area contributed by atoms with Gasteiger partial charge in [-0.3, -0.25) is 5.32 Å². The highest BCUT2D eigenvalue weighted by molar-refractivity contribution is 7.19. The van der Waals surface area contributed by atoms with E-state index < -0.39 is 6.09 Å². The summed E-state index contributed by atoms with van der Waals surface area (Å²) in [7, 11) is 0. The van der Waals surface area contributed by atoms with Crippen molar-refractivity contribution in [3.63, 3.8) is 0 Å². The molecule has 5 heteroatoms. The topological polar surface area (TPSA) is 62.1 Å². The summed E-state index contributed by atoms with van der Waals surface area (Å²) in [6, 6.07) is 17.3. The Labute approximate surface area is 137 Å². The zero-order chi connectivity index (χ0) is 16.2. The molecular weight excluding hydrogens is 308 g/mol. The van der Waals surface area contributed by atoms with Crippen LogP contribution in [-0.4, -0.2) is 6.09 Å². The fourth-order valence-corrected chi connectivity index (χ4v) is 3.27. The Morgan fingerprint density at radius 3 is 2.78 bits per heavy atom. The summed E-state index contributed by atoms with van der Waals surface area (Å²) in [5.41, 5.74) is 2.53. The number of nitrogens with one attached hydrogen (secondary N) is 1. The molecular formula is C18H14N2O2S. The predicted molar refractivity (Wildman–Crippen MR) is 91.5 cm³/mol. The zero-order valence-electron chi connectivity index (χ0n) is 12.5. The fraction of sp³-hybridized carbons (Fsp3) is 0.111. The van der Waals surface area contributed by atoms with Crippen molar-refractivity contribution in [1.29, 1.82) is 5.26 Å². The summed E-state index contributed by atoms with van der Waals surface area (Å²) in [6.45, 7) is 2.14. The number of nitrogens with zero attached hydrogens (tertiary/aromatic N) is 1. The molecule has 1 amide bonds. The lowest BCUT2D eigenvalue weighted by molar-refractivity contribution is 0.155. The maximum Gasteiger partial charge on any atom is 0.411 e. The first-order valence-electron chi connectivity index (χ1n) is 7.08. The van der Waals surface area contributed by atoms with Crippen LogP contribution in [0.1, 0.15) is 16.0 Å². The van der Waals surface area contributed by atoms with E-state index in [1.807, 2.05) is 55.5 Å². The molecule has 0 bridgehead atoms. The molecule has 2 aromatic carbocycles. The number of hydrogen-bond donors (Lipinski definition) is 1. The molecule has 3 rings (SSSR count). The van der Waals surface area contributed by atoms with Crippen molar-refractivity contribution in [1.82, 2.24) is 0 Å². The average molecular weight is 322 g/mol. The van der Waals surface area contributed by atoms with E-state index in [-0.39, 0.29) is 6.61 Å². The van der Waals surface area contributed by atoms with Gasteiger partial charge in [0.1, 0.15) is 17.6 Å². The number of ether oxygens (including phenoxy) is 1. The van der Waals surface area contributed by atoms with E-state index in [9.17, 15) is 4.79 Å². The van der Waals surface area contributed by atoms with Crippen molar-refractivity contribution in [2.24, 2.45) is 0 Å². The molecule has 0 unspecified atom stereocenters. The predicted octanol–water partition coefficient (Wildman–Crippen LogP) is 4.83. The van der Waals surface area contributed by atoms with Gasteiger partial charge in [0.25, 0.3) is 0 Å². The second-order valence-electron chi connectivity index (χ2n) is 5.07. The van der Waals surface area contributed by atoms with Crippen LogP contribution < -0.4 is 5.32 Å². The van der Waals surface area contributed by atoms with Gasteiger partial charge in [-0.15, -0.1) is 11.3 Å².